The summed E-state index contributed by atoms with van der Waals surface area (Å²) in [5.41, 5.74) is 8.30. The van der Waals surface area contributed by atoms with Crippen molar-refractivity contribution in [1.29, 1.82) is 0 Å². The number of urea groups is 1. The van der Waals surface area contributed by atoms with Gasteiger partial charge in [0.1, 0.15) is 0 Å². The second-order valence-corrected chi connectivity index (χ2v) is 5.57. The molecular formula is C17H18ClN3O2. The predicted molar refractivity (Wildman–Crippen MR) is 93.0 cm³/mol. The lowest BCUT2D eigenvalue weighted by molar-refractivity contribution is 0.0984. The summed E-state index contributed by atoms with van der Waals surface area (Å²) >= 11 is 5.97. The smallest absolute Gasteiger partial charge is 0.319 e. The number of amides is 2. The molecule has 23 heavy (non-hydrogen) atoms. The van der Waals surface area contributed by atoms with E-state index in [0.29, 0.717) is 22.0 Å². The van der Waals surface area contributed by atoms with Crippen LogP contribution in [0.2, 0.25) is 5.02 Å². The molecule has 0 spiro atoms. The zero-order valence-electron chi connectivity index (χ0n) is 12.7. The molecule has 0 fully saturated rings. The van der Waals surface area contributed by atoms with Gasteiger partial charge in [-0.05, 0) is 25.1 Å². The summed E-state index contributed by atoms with van der Waals surface area (Å²) in [6.07, 6.45) is 0.228. The number of hydrogen-bond donors (Lipinski definition) is 3. The van der Waals surface area contributed by atoms with Crippen LogP contribution in [0.25, 0.3) is 0 Å². The molecule has 2 aromatic carbocycles. The first-order chi connectivity index (χ1) is 11.0. The summed E-state index contributed by atoms with van der Waals surface area (Å²) < 4.78 is 0. The summed E-state index contributed by atoms with van der Waals surface area (Å²) in [6.45, 7) is 2.20. The van der Waals surface area contributed by atoms with Gasteiger partial charge in [0.2, 0.25) is 0 Å². The van der Waals surface area contributed by atoms with Crippen LogP contribution in [0.5, 0.6) is 0 Å². The number of ketones is 1. The molecule has 0 saturated heterocycles. The molecule has 0 aliphatic rings. The lowest BCUT2D eigenvalue weighted by Crippen LogP contribution is -2.30. The lowest BCUT2D eigenvalue weighted by Gasteiger charge is -2.09. The van der Waals surface area contributed by atoms with Crippen molar-refractivity contribution < 1.29 is 9.59 Å². The Hall–Kier alpha value is -2.53. The van der Waals surface area contributed by atoms with Crippen LogP contribution in [-0.4, -0.2) is 18.4 Å². The molecule has 0 heterocycles. The van der Waals surface area contributed by atoms with E-state index in [2.05, 4.69) is 10.6 Å². The number of aryl methyl sites for hydroxylation is 1. The van der Waals surface area contributed by atoms with Crippen molar-refractivity contribution in [3.8, 4) is 0 Å². The first-order valence-electron chi connectivity index (χ1n) is 7.15. The normalized spacial score (nSPS) is 10.2. The second-order valence-electron chi connectivity index (χ2n) is 5.16. The van der Waals surface area contributed by atoms with E-state index in [-0.39, 0.29) is 18.7 Å². The maximum absolute atomic E-state index is 12.0. The van der Waals surface area contributed by atoms with Gasteiger partial charge in [0.05, 0.1) is 10.7 Å². The summed E-state index contributed by atoms with van der Waals surface area (Å²) in [5.74, 6) is -0.0178. The van der Waals surface area contributed by atoms with Crippen LogP contribution in [0, 0.1) is 6.92 Å². The number of anilines is 2. The summed E-state index contributed by atoms with van der Waals surface area (Å²) in [4.78, 5) is 23.8. The molecular weight excluding hydrogens is 314 g/mol. The number of nitrogen functional groups attached to an aromatic ring is 1. The Balaban J connectivity index is 1.80. The van der Waals surface area contributed by atoms with Crippen LogP contribution in [0.1, 0.15) is 22.3 Å². The van der Waals surface area contributed by atoms with Crippen molar-refractivity contribution in [3.05, 3.63) is 58.6 Å². The van der Waals surface area contributed by atoms with Crippen LogP contribution < -0.4 is 16.4 Å². The average Bonchev–Trinajstić information content (AvgIpc) is 2.50. The van der Waals surface area contributed by atoms with Gasteiger partial charge in [-0.2, -0.15) is 0 Å². The Labute approximate surface area is 139 Å². The van der Waals surface area contributed by atoms with Crippen molar-refractivity contribution >= 4 is 34.8 Å². The Morgan fingerprint density at radius 3 is 2.48 bits per heavy atom. The molecule has 0 bridgehead atoms. The topological polar surface area (TPSA) is 84.2 Å². The number of benzene rings is 2. The largest absolute Gasteiger partial charge is 0.399 e. The molecule has 5 nitrogen and oxygen atoms in total. The molecule has 0 saturated carbocycles. The van der Waals surface area contributed by atoms with Gasteiger partial charge in [0.25, 0.3) is 0 Å². The number of Topliss-reactive ketones (excluding diaryl/α,β-unsaturated/α-hetero) is 1. The van der Waals surface area contributed by atoms with Crippen LogP contribution in [-0.2, 0) is 0 Å². The van der Waals surface area contributed by atoms with Gasteiger partial charge in [-0.25, -0.2) is 4.79 Å². The third-order valence-electron chi connectivity index (χ3n) is 3.25. The Bertz CT molecular complexity index is 714. The first kappa shape index (κ1) is 16.8. The number of hydrogen-bond acceptors (Lipinski definition) is 3. The summed E-state index contributed by atoms with van der Waals surface area (Å²) in [6, 6.07) is 11.7. The number of carbonyl (C=O) groups is 2. The van der Waals surface area contributed by atoms with Gasteiger partial charge in [-0.1, -0.05) is 41.4 Å². The van der Waals surface area contributed by atoms with E-state index >= 15 is 0 Å². The number of rotatable bonds is 5. The Morgan fingerprint density at radius 2 is 1.83 bits per heavy atom. The lowest BCUT2D eigenvalue weighted by atomic mass is 10.1. The highest BCUT2D eigenvalue weighted by Crippen LogP contribution is 2.23. The van der Waals surface area contributed by atoms with E-state index in [1.807, 2.05) is 19.1 Å². The quantitative estimate of drug-likeness (QED) is 0.578. The summed E-state index contributed by atoms with van der Waals surface area (Å²) in [7, 11) is 0. The maximum Gasteiger partial charge on any atom is 0.319 e. The highest BCUT2D eigenvalue weighted by atomic mass is 35.5. The van der Waals surface area contributed by atoms with Gasteiger partial charge in [0.15, 0.2) is 5.78 Å². The molecule has 120 valence electrons. The SMILES string of the molecule is Cc1ccc(C(=O)CCNC(=O)Nc2ccc(N)cc2Cl)cc1. The Kier molecular flexibility index (Phi) is 5.60. The molecule has 0 unspecified atom stereocenters. The van der Waals surface area contributed by atoms with Crippen LogP contribution >= 0.6 is 11.6 Å². The van der Waals surface area contributed by atoms with Crippen LogP contribution in [0.15, 0.2) is 42.5 Å². The molecule has 0 aliphatic heterocycles. The molecule has 6 heteroatoms. The number of halogens is 1. The average molecular weight is 332 g/mol. The predicted octanol–water partition coefficient (Wildman–Crippen LogP) is 3.63. The summed E-state index contributed by atoms with van der Waals surface area (Å²) in [5, 5.41) is 5.59. The fourth-order valence-corrected chi connectivity index (χ4v) is 2.21. The van der Waals surface area contributed by atoms with Gasteiger partial charge >= 0.3 is 6.03 Å². The molecule has 0 aromatic heterocycles. The van der Waals surface area contributed by atoms with Crippen molar-refractivity contribution in [1.82, 2.24) is 5.32 Å². The molecule has 2 amide bonds. The molecule has 0 atom stereocenters. The van der Waals surface area contributed by atoms with Crippen molar-refractivity contribution in [2.45, 2.75) is 13.3 Å². The van der Waals surface area contributed by atoms with E-state index < -0.39 is 6.03 Å². The van der Waals surface area contributed by atoms with Gasteiger partial charge < -0.3 is 16.4 Å². The molecule has 0 radical (unpaired) electrons. The van der Waals surface area contributed by atoms with Crippen molar-refractivity contribution in [2.24, 2.45) is 0 Å². The van der Waals surface area contributed by atoms with Crippen LogP contribution in [0.3, 0.4) is 0 Å². The van der Waals surface area contributed by atoms with Gasteiger partial charge in [-0.3, -0.25) is 4.79 Å². The fourth-order valence-electron chi connectivity index (χ4n) is 1.97. The van der Waals surface area contributed by atoms with E-state index in [1.165, 1.54) is 0 Å². The van der Waals surface area contributed by atoms with Gasteiger partial charge in [-0.15, -0.1) is 0 Å². The van der Waals surface area contributed by atoms with Crippen LogP contribution in [0.4, 0.5) is 16.2 Å². The molecule has 4 N–H and O–H groups in total. The van der Waals surface area contributed by atoms with E-state index in [9.17, 15) is 9.59 Å². The molecule has 2 rings (SSSR count). The Morgan fingerprint density at radius 1 is 1.13 bits per heavy atom. The van der Waals surface area contributed by atoms with Crippen molar-refractivity contribution in [2.75, 3.05) is 17.6 Å². The highest BCUT2D eigenvalue weighted by molar-refractivity contribution is 6.34. The monoisotopic (exact) mass is 331 g/mol. The number of carbonyl (C=O) groups excluding carboxylic acids is 2. The zero-order valence-corrected chi connectivity index (χ0v) is 13.5. The minimum Gasteiger partial charge on any atom is -0.399 e. The highest BCUT2D eigenvalue weighted by Gasteiger charge is 2.08. The minimum absolute atomic E-state index is 0.0178. The minimum atomic E-state index is -0.423. The first-order valence-corrected chi connectivity index (χ1v) is 7.53. The van der Waals surface area contributed by atoms with E-state index in [1.54, 1.807) is 30.3 Å². The third-order valence-corrected chi connectivity index (χ3v) is 3.57. The molecule has 0 aliphatic carbocycles. The zero-order chi connectivity index (χ0) is 16.8. The van der Waals surface area contributed by atoms with Gasteiger partial charge in [0, 0.05) is 24.2 Å². The fraction of sp³-hybridized carbons (Fsp3) is 0.176. The number of nitrogens with two attached hydrogens (primary N) is 1. The number of nitrogens with one attached hydrogen (secondary N) is 2. The third kappa shape index (κ3) is 5.00. The van der Waals surface area contributed by atoms with Crippen molar-refractivity contribution in [3.63, 3.8) is 0 Å². The molecule has 2 aromatic rings. The van der Waals surface area contributed by atoms with E-state index in [4.69, 9.17) is 17.3 Å². The standard InChI is InChI=1S/C17H18ClN3O2/c1-11-2-4-12(5-3-11)16(22)8-9-20-17(23)21-15-7-6-13(19)10-14(15)18/h2-7,10H,8-9,19H2,1H3,(H2,20,21,23). The second kappa shape index (κ2) is 7.65. The maximum atomic E-state index is 12.0. The van der Waals surface area contributed by atoms with E-state index in [0.717, 1.165) is 5.56 Å².